The molecule has 0 N–H and O–H groups in total. The monoisotopic (exact) mass is 432 g/mol. The van der Waals surface area contributed by atoms with Crippen LogP contribution in [0, 0.1) is 0 Å². The van der Waals surface area contributed by atoms with Crippen molar-refractivity contribution < 1.29 is 0 Å². The van der Waals surface area contributed by atoms with Gasteiger partial charge in [-0.1, -0.05) is 0 Å². The van der Waals surface area contributed by atoms with Crippen molar-refractivity contribution in [3.63, 3.8) is 0 Å². The Morgan fingerprint density at radius 1 is 0.414 bits per heavy atom. The van der Waals surface area contributed by atoms with Gasteiger partial charge in [0.2, 0.25) is 0 Å². The molecule has 7 aromatic rings. The SMILES string of the molecule is c1ccc2cc3c(ccc4c3[se]c3ccc5cc6ccccc6cc5c34)cc2c1. The van der Waals surface area contributed by atoms with Crippen molar-refractivity contribution in [2.24, 2.45) is 0 Å². The molecule has 0 amide bonds. The van der Waals surface area contributed by atoms with Crippen LogP contribution < -0.4 is 0 Å². The first-order chi connectivity index (χ1) is 14.3. The summed E-state index contributed by atoms with van der Waals surface area (Å²) >= 11 is 0.340. The molecule has 0 aliphatic rings. The maximum absolute atomic E-state index is 2.40. The molecule has 6 aromatic carbocycles. The third kappa shape index (κ3) is 2.20. The van der Waals surface area contributed by atoms with Gasteiger partial charge in [0, 0.05) is 0 Å². The molecule has 1 aromatic heterocycles. The fourth-order valence-electron chi connectivity index (χ4n) is 4.76. The van der Waals surface area contributed by atoms with E-state index in [1.165, 1.54) is 62.4 Å². The van der Waals surface area contributed by atoms with E-state index in [-0.39, 0.29) is 0 Å². The second-order valence-corrected chi connectivity index (χ2v) is 10.0. The van der Waals surface area contributed by atoms with Gasteiger partial charge in [-0.2, -0.15) is 0 Å². The van der Waals surface area contributed by atoms with Gasteiger partial charge in [0.15, 0.2) is 0 Å². The summed E-state index contributed by atoms with van der Waals surface area (Å²) in [6.45, 7) is 0. The van der Waals surface area contributed by atoms with Gasteiger partial charge in [-0.3, -0.25) is 0 Å². The summed E-state index contributed by atoms with van der Waals surface area (Å²) in [7, 11) is 0. The number of hydrogen-bond acceptors (Lipinski definition) is 0. The van der Waals surface area contributed by atoms with Crippen LogP contribution in [0.1, 0.15) is 0 Å². The van der Waals surface area contributed by atoms with Crippen molar-refractivity contribution in [2.45, 2.75) is 0 Å². The van der Waals surface area contributed by atoms with Gasteiger partial charge >= 0.3 is 174 Å². The number of rotatable bonds is 0. The predicted octanol–water partition coefficient (Wildman–Crippen LogP) is 7.66. The first-order valence-electron chi connectivity index (χ1n) is 9.94. The number of hydrogen-bond donors (Lipinski definition) is 0. The predicted molar refractivity (Wildman–Crippen MR) is 128 cm³/mol. The molecule has 7 rings (SSSR count). The minimum absolute atomic E-state index is 0.340. The van der Waals surface area contributed by atoms with Crippen LogP contribution in [0.3, 0.4) is 0 Å². The van der Waals surface area contributed by atoms with Gasteiger partial charge in [0.05, 0.1) is 0 Å². The first kappa shape index (κ1) is 15.8. The Hall–Kier alpha value is -3.12. The Morgan fingerprint density at radius 3 is 1.66 bits per heavy atom. The van der Waals surface area contributed by atoms with Gasteiger partial charge in [-0.05, 0) is 0 Å². The van der Waals surface area contributed by atoms with Crippen LogP contribution in [0.2, 0.25) is 0 Å². The molecular formula is C28H16Se. The van der Waals surface area contributed by atoms with Crippen LogP contribution in [-0.4, -0.2) is 14.5 Å². The van der Waals surface area contributed by atoms with Crippen molar-refractivity contribution in [1.29, 1.82) is 0 Å². The molecule has 1 heterocycles. The van der Waals surface area contributed by atoms with Gasteiger partial charge in [0.25, 0.3) is 0 Å². The van der Waals surface area contributed by atoms with Gasteiger partial charge in [-0.25, -0.2) is 0 Å². The molecular weight excluding hydrogens is 415 g/mol. The summed E-state index contributed by atoms with van der Waals surface area (Å²) in [6, 6.07) is 36.2. The van der Waals surface area contributed by atoms with Crippen molar-refractivity contribution in [3.05, 3.63) is 97.1 Å². The Balaban J connectivity index is 1.68. The van der Waals surface area contributed by atoms with E-state index >= 15 is 0 Å². The molecule has 134 valence electrons. The van der Waals surface area contributed by atoms with Crippen molar-refractivity contribution in [3.8, 4) is 0 Å². The van der Waals surface area contributed by atoms with E-state index in [9.17, 15) is 0 Å². The Kier molecular flexibility index (Phi) is 3.10. The molecule has 0 unspecified atom stereocenters. The van der Waals surface area contributed by atoms with Gasteiger partial charge in [-0.15, -0.1) is 0 Å². The zero-order chi connectivity index (χ0) is 18.9. The van der Waals surface area contributed by atoms with E-state index in [2.05, 4.69) is 97.1 Å². The Morgan fingerprint density at radius 2 is 0.966 bits per heavy atom. The molecule has 1 heteroatoms. The summed E-state index contributed by atoms with van der Waals surface area (Å²) in [5.41, 5.74) is 0. The van der Waals surface area contributed by atoms with Crippen molar-refractivity contribution in [1.82, 2.24) is 0 Å². The molecule has 0 nitrogen and oxygen atoms in total. The maximum atomic E-state index is 2.40. The number of benzene rings is 6. The van der Waals surface area contributed by atoms with Crippen LogP contribution in [0.5, 0.6) is 0 Å². The van der Waals surface area contributed by atoms with Crippen LogP contribution in [0.4, 0.5) is 0 Å². The Labute approximate surface area is 173 Å². The molecule has 0 spiro atoms. The van der Waals surface area contributed by atoms with Crippen LogP contribution in [0.15, 0.2) is 97.1 Å². The summed E-state index contributed by atoms with van der Waals surface area (Å²) in [6.07, 6.45) is 0. The van der Waals surface area contributed by atoms with E-state index in [0.717, 1.165) is 0 Å². The van der Waals surface area contributed by atoms with E-state index in [4.69, 9.17) is 0 Å². The molecule has 0 radical (unpaired) electrons. The summed E-state index contributed by atoms with van der Waals surface area (Å²) in [4.78, 5) is 0. The normalized spacial score (nSPS) is 12.1. The molecule has 0 bridgehead atoms. The topological polar surface area (TPSA) is 0 Å². The zero-order valence-corrected chi connectivity index (χ0v) is 17.4. The van der Waals surface area contributed by atoms with Crippen molar-refractivity contribution in [2.75, 3.05) is 0 Å². The average molecular weight is 431 g/mol. The zero-order valence-electron chi connectivity index (χ0n) is 15.6. The quantitative estimate of drug-likeness (QED) is 0.171. The number of fused-ring (bicyclic) bond motifs is 9. The fourth-order valence-corrected chi connectivity index (χ4v) is 7.37. The molecule has 0 saturated carbocycles. The average Bonchev–Trinajstić information content (AvgIpc) is 3.16. The van der Waals surface area contributed by atoms with Crippen molar-refractivity contribution >= 4 is 76.9 Å². The third-order valence-corrected chi connectivity index (χ3v) is 8.69. The minimum atomic E-state index is 0.340. The van der Waals surface area contributed by atoms with Crippen LogP contribution in [0.25, 0.3) is 62.4 Å². The Bertz CT molecular complexity index is 1750. The van der Waals surface area contributed by atoms with Gasteiger partial charge < -0.3 is 0 Å². The summed E-state index contributed by atoms with van der Waals surface area (Å²) in [5.74, 6) is 0. The van der Waals surface area contributed by atoms with E-state index in [1.54, 1.807) is 0 Å². The summed E-state index contributed by atoms with van der Waals surface area (Å²) in [5, 5.41) is 13.7. The first-order valence-corrected chi connectivity index (χ1v) is 11.7. The van der Waals surface area contributed by atoms with E-state index in [1.807, 2.05) is 0 Å². The van der Waals surface area contributed by atoms with E-state index in [0.29, 0.717) is 14.5 Å². The second kappa shape index (κ2) is 5.70. The molecule has 0 atom stereocenters. The summed E-state index contributed by atoms with van der Waals surface area (Å²) < 4.78 is 3.05. The molecule has 0 aliphatic carbocycles. The van der Waals surface area contributed by atoms with Crippen LogP contribution >= 0.6 is 0 Å². The molecule has 0 saturated heterocycles. The van der Waals surface area contributed by atoms with Crippen LogP contribution in [-0.2, 0) is 0 Å². The fraction of sp³-hybridized carbons (Fsp3) is 0. The second-order valence-electron chi connectivity index (χ2n) is 7.82. The molecule has 0 fully saturated rings. The molecule has 0 aliphatic heterocycles. The third-order valence-electron chi connectivity index (χ3n) is 6.17. The van der Waals surface area contributed by atoms with E-state index < -0.39 is 0 Å². The standard InChI is InChI=1S/C28H16Se/c1-3-7-19-15-24-21(13-17(19)5-1)10-12-26-27(24)23-11-9-22-14-18-6-2-4-8-20(18)16-25(22)28(23)29-26/h1-16H. The van der Waals surface area contributed by atoms with Gasteiger partial charge in [0.1, 0.15) is 0 Å². The molecule has 29 heavy (non-hydrogen) atoms.